The molecule has 0 aliphatic heterocycles. The zero-order chi connectivity index (χ0) is 15.9. The van der Waals surface area contributed by atoms with E-state index in [-0.39, 0.29) is 12.1 Å². The lowest BCUT2D eigenvalue weighted by Crippen LogP contribution is -2.35. The number of halogens is 3. The highest BCUT2D eigenvalue weighted by molar-refractivity contribution is 5.25. The highest BCUT2D eigenvalue weighted by atomic mass is 19.4. The first-order valence-electron chi connectivity index (χ1n) is 7.29. The van der Waals surface area contributed by atoms with E-state index in [2.05, 4.69) is 12.2 Å². The van der Waals surface area contributed by atoms with E-state index in [1.807, 2.05) is 6.92 Å². The van der Waals surface area contributed by atoms with Crippen LogP contribution in [0.3, 0.4) is 0 Å². The van der Waals surface area contributed by atoms with E-state index in [1.165, 1.54) is 0 Å². The van der Waals surface area contributed by atoms with E-state index in [1.54, 1.807) is 19.2 Å². The summed E-state index contributed by atoms with van der Waals surface area (Å²) in [5, 5.41) is 3.43. The molecule has 0 spiro atoms. The summed E-state index contributed by atoms with van der Waals surface area (Å²) in [5.41, 5.74) is 0.300. The summed E-state index contributed by atoms with van der Waals surface area (Å²) < 4.78 is 42.9. The summed E-state index contributed by atoms with van der Waals surface area (Å²) in [4.78, 5) is 0. The van der Waals surface area contributed by atoms with E-state index in [0.717, 1.165) is 37.1 Å². The van der Waals surface area contributed by atoms with E-state index < -0.39 is 11.7 Å². The van der Waals surface area contributed by atoms with Crippen LogP contribution in [-0.4, -0.2) is 25.8 Å². The van der Waals surface area contributed by atoms with Gasteiger partial charge in [-0.1, -0.05) is 19.1 Å². The Labute approximate surface area is 124 Å². The van der Waals surface area contributed by atoms with Crippen molar-refractivity contribution < 1.29 is 17.9 Å². The molecule has 120 valence electrons. The minimum Gasteiger partial charge on any atom is -0.382 e. The number of ether oxygens (including phenoxy) is 1. The molecule has 0 amide bonds. The fraction of sp³-hybridized carbons (Fsp3) is 0.625. The van der Waals surface area contributed by atoms with Gasteiger partial charge in [-0.15, -0.1) is 0 Å². The maximum atomic E-state index is 12.5. The molecule has 21 heavy (non-hydrogen) atoms. The third kappa shape index (κ3) is 6.48. The zero-order valence-electron chi connectivity index (χ0n) is 12.8. The molecule has 0 heterocycles. The van der Waals surface area contributed by atoms with Gasteiger partial charge in [-0.25, -0.2) is 0 Å². The van der Waals surface area contributed by atoms with Crippen LogP contribution in [0.4, 0.5) is 13.2 Å². The first-order valence-corrected chi connectivity index (χ1v) is 7.29. The van der Waals surface area contributed by atoms with Gasteiger partial charge in [0.15, 0.2) is 0 Å². The van der Waals surface area contributed by atoms with Gasteiger partial charge in [0.1, 0.15) is 0 Å². The fourth-order valence-corrected chi connectivity index (χ4v) is 2.20. The van der Waals surface area contributed by atoms with E-state index in [0.29, 0.717) is 6.42 Å². The molecule has 1 N–H and O–H groups in total. The average Bonchev–Trinajstić information content (AvgIpc) is 2.44. The van der Waals surface area contributed by atoms with Crippen molar-refractivity contribution >= 4 is 0 Å². The second-order valence-electron chi connectivity index (χ2n) is 5.33. The number of hydrogen-bond donors (Lipinski definition) is 1. The predicted octanol–water partition coefficient (Wildman–Crippen LogP) is 4.04. The van der Waals surface area contributed by atoms with Crippen LogP contribution >= 0.6 is 0 Å². The highest BCUT2D eigenvalue weighted by Gasteiger charge is 2.30. The first kappa shape index (κ1) is 18.0. The smallest absolute Gasteiger partial charge is 0.382 e. The lowest BCUT2D eigenvalue weighted by molar-refractivity contribution is -0.137. The predicted molar refractivity (Wildman–Crippen MR) is 78.3 cm³/mol. The Kier molecular flexibility index (Phi) is 7.18. The van der Waals surface area contributed by atoms with Crippen molar-refractivity contribution in [3.05, 3.63) is 35.4 Å². The molecule has 1 aromatic rings. The third-order valence-electron chi connectivity index (χ3n) is 3.47. The Bertz CT molecular complexity index is 403. The molecule has 1 aromatic carbocycles. The number of benzene rings is 1. The molecular weight excluding hydrogens is 279 g/mol. The third-order valence-corrected chi connectivity index (χ3v) is 3.47. The summed E-state index contributed by atoms with van der Waals surface area (Å²) in [6, 6.07) is 5.61. The Morgan fingerprint density at radius 2 is 1.81 bits per heavy atom. The molecule has 0 saturated heterocycles. The molecule has 0 radical (unpaired) electrons. The minimum absolute atomic E-state index is 0.119. The van der Waals surface area contributed by atoms with Gasteiger partial charge >= 0.3 is 6.18 Å². The van der Waals surface area contributed by atoms with Crippen molar-refractivity contribution in [1.29, 1.82) is 0 Å². The second-order valence-corrected chi connectivity index (χ2v) is 5.33. The van der Waals surface area contributed by atoms with Crippen molar-refractivity contribution in [2.45, 2.75) is 51.4 Å². The van der Waals surface area contributed by atoms with Crippen molar-refractivity contribution in [3.8, 4) is 0 Å². The van der Waals surface area contributed by atoms with Gasteiger partial charge in [0, 0.05) is 13.2 Å². The summed E-state index contributed by atoms with van der Waals surface area (Å²) in [6.07, 6.45) is -1.61. The van der Waals surface area contributed by atoms with Crippen LogP contribution in [0.2, 0.25) is 0 Å². The molecule has 0 aliphatic carbocycles. The van der Waals surface area contributed by atoms with E-state index in [9.17, 15) is 13.2 Å². The molecule has 2 unspecified atom stereocenters. The fourth-order valence-electron chi connectivity index (χ4n) is 2.20. The molecule has 0 bridgehead atoms. The zero-order valence-corrected chi connectivity index (χ0v) is 12.8. The van der Waals surface area contributed by atoms with Crippen molar-refractivity contribution in [3.63, 3.8) is 0 Å². The molecule has 2 nitrogen and oxygen atoms in total. The van der Waals surface area contributed by atoms with Crippen molar-refractivity contribution in [2.75, 3.05) is 13.7 Å². The average molecular weight is 303 g/mol. The standard InChI is InChI=1S/C16H24F3NO/c1-4-9-20-15(10-12(2)21-3)11-13-5-7-14(8-6-13)16(17,18)19/h5-8,12,15,20H,4,9-11H2,1-3H3. The quantitative estimate of drug-likeness (QED) is 0.782. The van der Waals surface area contributed by atoms with Crippen LogP contribution in [0.25, 0.3) is 0 Å². The lowest BCUT2D eigenvalue weighted by atomic mass is 9.99. The van der Waals surface area contributed by atoms with E-state index >= 15 is 0 Å². The minimum atomic E-state index is -4.27. The van der Waals surface area contributed by atoms with Gasteiger partial charge in [-0.05, 0) is 50.4 Å². The number of hydrogen-bond acceptors (Lipinski definition) is 2. The van der Waals surface area contributed by atoms with Crippen molar-refractivity contribution in [1.82, 2.24) is 5.32 Å². The summed E-state index contributed by atoms with van der Waals surface area (Å²) in [7, 11) is 1.67. The lowest BCUT2D eigenvalue weighted by Gasteiger charge is -2.22. The van der Waals surface area contributed by atoms with Crippen LogP contribution in [0.5, 0.6) is 0 Å². The first-order chi connectivity index (χ1) is 9.86. The highest BCUT2D eigenvalue weighted by Crippen LogP contribution is 2.29. The molecule has 0 aliphatic rings. The summed E-state index contributed by atoms with van der Waals surface area (Å²) >= 11 is 0. The molecule has 1 rings (SSSR count). The van der Waals surface area contributed by atoms with Gasteiger partial charge in [0.25, 0.3) is 0 Å². The molecule has 5 heteroatoms. The molecular formula is C16H24F3NO. The molecule has 0 fully saturated rings. The van der Waals surface area contributed by atoms with Crippen LogP contribution < -0.4 is 5.32 Å². The molecule has 0 saturated carbocycles. The Morgan fingerprint density at radius 3 is 2.29 bits per heavy atom. The molecule has 2 atom stereocenters. The van der Waals surface area contributed by atoms with Crippen LogP contribution in [-0.2, 0) is 17.3 Å². The topological polar surface area (TPSA) is 21.3 Å². The van der Waals surface area contributed by atoms with Crippen molar-refractivity contribution in [2.24, 2.45) is 0 Å². The largest absolute Gasteiger partial charge is 0.416 e. The van der Waals surface area contributed by atoms with Gasteiger partial charge in [-0.2, -0.15) is 13.2 Å². The van der Waals surface area contributed by atoms with Gasteiger partial charge < -0.3 is 10.1 Å². The second kappa shape index (κ2) is 8.39. The Balaban J connectivity index is 2.68. The number of rotatable bonds is 8. The Morgan fingerprint density at radius 1 is 1.19 bits per heavy atom. The van der Waals surface area contributed by atoms with Gasteiger partial charge in [-0.3, -0.25) is 0 Å². The number of nitrogens with one attached hydrogen (secondary N) is 1. The van der Waals surface area contributed by atoms with Crippen LogP contribution in [0, 0.1) is 0 Å². The van der Waals surface area contributed by atoms with Gasteiger partial charge in [0.2, 0.25) is 0 Å². The number of methoxy groups -OCH3 is 1. The Hall–Kier alpha value is -1.07. The summed E-state index contributed by atoms with van der Waals surface area (Å²) in [6.45, 7) is 4.97. The van der Waals surface area contributed by atoms with Gasteiger partial charge in [0.05, 0.1) is 11.7 Å². The molecule has 0 aromatic heterocycles. The monoisotopic (exact) mass is 303 g/mol. The maximum Gasteiger partial charge on any atom is 0.416 e. The SMILES string of the molecule is CCCNC(Cc1ccc(C(F)(F)F)cc1)CC(C)OC. The van der Waals surface area contributed by atoms with E-state index in [4.69, 9.17) is 4.74 Å². The van der Waals surface area contributed by atoms with Crippen LogP contribution in [0.1, 0.15) is 37.8 Å². The maximum absolute atomic E-state index is 12.5. The van der Waals surface area contributed by atoms with Crippen LogP contribution in [0.15, 0.2) is 24.3 Å². The summed E-state index contributed by atoms with van der Waals surface area (Å²) in [5.74, 6) is 0. The normalized spacial score (nSPS) is 15.0. The number of alkyl halides is 3.